The zero-order chi connectivity index (χ0) is 13.2. The molecule has 0 radical (unpaired) electrons. The minimum Gasteiger partial charge on any atom is -0.342 e. The number of anilines is 1. The van der Waals surface area contributed by atoms with E-state index in [-0.39, 0.29) is 5.75 Å². The molecule has 0 aliphatic heterocycles. The van der Waals surface area contributed by atoms with Gasteiger partial charge >= 0.3 is 0 Å². The van der Waals surface area contributed by atoms with E-state index in [1.54, 1.807) is 25.3 Å². The van der Waals surface area contributed by atoms with Gasteiger partial charge in [0.2, 0.25) is 10.0 Å². The maximum absolute atomic E-state index is 11.4. The number of hydrogen-bond donors (Lipinski definition) is 2. The Morgan fingerprint density at radius 2 is 1.94 bits per heavy atom. The number of sulfonamides is 1. The molecule has 2 aromatic rings. The standard InChI is InChI=1S/C12H15N3O2S/c1-3-18(16,17)15-11-6-4-10(5-7-11)12-8-13-9(2)14-12/h4-8,15H,3H2,1-2H3,(H,13,14). The highest BCUT2D eigenvalue weighted by Gasteiger charge is 2.07. The number of nitrogens with zero attached hydrogens (tertiary/aromatic N) is 1. The van der Waals surface area contributed by atoms with Crippen molar-refractivity contribution in [1.82, 2.24) is 9.97 Å². The molecule has 0 saturated carbocycles. The summed E-state index contributed by atoms with van der Waals surface area (Å²) in [5, 5.41) is 0. The summed E-state index contributed by atoms with van der Waals surface area (Å²) >= 11 is 0. The highest BCUT2D eigenvalue weighted by atomic mass is 32.2. The molecule has 0 bridgehead atoms. The van der Waals surface area contributed by atoms with Gasteiger partial charge in [0.25, 0.3) is 0 Å². The van der Waals surface area contributed by atoms with Crippen molar-refractivity contribution in [3.05, 3.63) is 36.3 Å². The molecule has 5 nitrogen and oxygen atoms in total. The molecular weight excluding hydrogens is 250 g/mol. The molecule has 0 saturated heterocycles. The van der Waals surface area contributed by atoms with Crippen molar-refractivity contribution < 1.29 is 8.42 Å². The van der Waals surface area contributed by atoms with Crippen LogP contribution >= 0.6 is 0 Å². The van der Waals surface area contributed by atoms with E-state index in [2.05, 4.69) is 14.7 Å². The summed E-state index contributed by atoms with van der Waals surface area (Å²) in [6, 6.07) is 7.17. The quantitative estimate of drug-likeness (QED) is 0.889. The number of aryl methyl sites for hydroxylation is 1. The first-order valence-electron chi connectivity index (χ1n) is 5.63. The Bertz CT molecular complexity index is 630. The van der Waals surface area contributed by atoms with Crippen molar-refractivity contribution in [3.8, 4) is 11.3 Å². The van der Waals surface area contributed by atoms with Crippen molar-refractivity contribution in [2.24, 2.45) is 0 Å². The van der Waals surface area contributed by atoms with Crippen molar-refractivity contribution in [1.29, 1.82) is 0 Å². The molecule has 2 N–H and O–H groups in total. The number of hydrogen-bond acceptors (Lipinski definition) is 3. The second-order valence-corrected chi connectivity index (χ2v) is 5.98. The Labute approximate surface area is 106 Å². The monoisotopic (exact) mass is 265 g/mol. The van der Waals surface area contributed by atoms with Crippen LogP contribution in [0.4, 0.5) is 5.69 Å². The molecule has 1 aromatic heterocycles. The van der Waals surface area contributed by atoms with Gasteiger partial charge in [0.15, 0.2) is 0 Å². The van der Waals surface area contributed by atoms with Crippen LogP contribution in [0.25, 0.3) is 11.3 Å². The van der Waals surface area contributed by atoms with Crippen molar-refractivity contribution in [2.75, 3.05) is 10.5 Å². The van der Waals surface area contributed by atoms with Gasteiger partial charge in [0.1, 0.15) is 5.82 Å². The minimum absolute atomic E-state index is 0.0640. The van der Waals surface area contributed by atoms with Crippen LogP contribution in [0.5, 0.6) is 0 Å². The Hall–Kier alpha value is -1.82. The Kier molecular flexibility index (Phi) is 3.38. The van der Waals surface area contributed by atoms with Gasteiger partial charge in [0.05, 0.1) is 17.6 Å². The first kappa shape index (κ1) is 12.6. The van der Waals surface area contributed by atoms with Crippen LogP contribution in [0.3, 0.4) is 0 Å². The topological polar surface area (TPSA) is 74.8 Å². The van der Waals surface area contributed by atoms with E-state index >= 15 is 0 Å². The maximum atomic E-state index is 11.4. The zero-order valence-electron chi connectivity index (χ0n) is 10.3. The van der Waals surface area contributed by atoms with Crippen LogP contribution in [0.1, 0.15) is 12.7 Å². The van der Waals surface area contributed by atoms with Gasteiger partial charge in [0, 0.05) is 5.69 Å². The fourth-order valence-electron chi connectivity index (χ4n) is 1.54. The van der Waals surface area contributed by atoms with Crippen molar-refractivity contribution in [3.63, 3.8) is 0 Å². The lowest BCUT2D eigenvalue weighted by Crippen LogP contribution is -2.14. The molecule has 0 aliphatic rings. The normalized spacial score (nSPS) is 11.4. The second-order valence-electron chi connectivity index (χ2n) is 3.97. The number of benzene rings is 1. The summed E-state index contributed by atoms with van der Waals surface area (Å²) < 4.78 is 25.3. The number of rotatable bonds is 4. The lowest BCUT2D eigenvalue weighted by molar-refractivity contribution is 0.602. The fraction of sp³-hybridized carbons (Fsp3) is 0.250. The maximum Gasteiger partial charge on any atom is 0.232 e. The molecule has 0 amide bonds. The lowest BCUT2D eigenvalue weighted by atomic mass is 10.1. The van der Waals surface area contributed by atoms with Crippen LogP contribution in [0.15, 0.2) is 30.5 Å². The van der Waals surface area contributed by atoms with E-state index in [1.165, 1.54) is 0 Å². The van der Waals surface area contributed by atoms with Gasteiger partial charge < -0.3 is 4.98 Å². The van der Waals surface area contributed by atoms with E-state index in [0.29, 0.717) is 5.69 Å². The number of aromatic nitrogens is 2. The minimum atomic E-state index is -3.22. The van der Waals surface area contributed by atoms with Gasteiger partial charge in [-0.3, -0.25) is 4.72 Å². The average Bonchev–Trinajstić information content (AvgIpc) is 2.76. The van der Waals surface area contributed by atoms with E-state index in [4.69, 9.17) is 0 Å². The van der Waals surface area contributed by atoms with E-state index in [0.717, 1.165) is 17.1 Å². The third-order valence-corrected chi connectivity index (χ3v) is 3.86. The zero-order valence-corrected chi connectivity index (χ0v) is 11.1. The molecule has 96 valence electrons. The van der Waals surface area contributed by atoms with Crippen LogP contribution < -0.4 is 4.72 Å². The summed E-state index contributed by atoms with van der Waals surface area (Å²) in [6.07, 6.45) is 1.75. The highest BCUT2D eigenvalue weighted by Crippen LogP contribution is 2.20. The molecule has 0 unspecified atom stereocenters. The summed E-state index contributed by atoms with van der Waals surface area (Å²) in [7, 11) is -3.22. The van der Waals surface area contributed by atoms with Crippen LogP contribution in [0, 0.1) is 6.92 Å². The third kappa shape index (κ3) is 2.89. The summed E-state index contributed by atoms with van der Waals surface area (Å²) in [6.45, 7) is 3.48. The van der Waals surface area contributed by atoms with Crippen molar-refractivity contribution >= 4 is 15.7 Å². The van der Waals surface area contributed by atoms with Gasteiger partial charge in [-0.15, -0.1) is 0 Å². The van der Waals surface area contributed by atoms with Crippen LogP contribution in [-0.2, 0) is 10.0 Å². The summed E-state index contributed by atoms with van der Waals surface area (Å²) in [5.74, 6) is 0.912. The van der Waals surface area contributed by atoms with Crippen LogP contribution in [0.2, 0.25) is 0 Å². The van der Waals surface area contributed by atoms with Crippen LogP contribution in [-0.4, -0.2) is 24.1 Å². The number of nitrogens with one attached hydrogen (secondary N) is 2. The van der Waals surface area contributed by atoms with E-state index in [9.17, 15) is 8.42 Å². The molecule has 6 heteroatoms. The fourth-order valence-corrected chi connectivity index (χ4v) is 2.18. The summed E-state index contributed by atoms with van der Waals surface area (Å²) in [4.78, 5) is 7.24. The molecule has 0 atom stereocenters. The molecule has 1 heterocycles. The van der Waals surface area contributed by atoms with E-state index < -0.39 is 10.0 Å². The summed E-state index contributed by atoms with van der Waals surface area (Å²) in [5.41, 5.74) is 2.45. The molecule has 0 fully saturated rings. The number of H-pyrrole nitrogens is 1. The van der Waals surface area contributed by atoms with Gasteiger partial charge in [-0.2, -0.15) is 0 Å². The van der Waals surface area contributed by atoms with E-state index in [1.807, 2.05) is 19.1 Å². The molecule has 18 heavy (non-hydrogen) atoms. The molecule has 2 rings (SSSR count). The average molecular weight is 265 g/mol. The first-order valence-corrected chi connectivity index (χ1v) is 7.28. The molecule has 1 aromatic carbocycles. The van der Waals surface area contributed by atoms with Crippen molar-refractivity contribution in [2.45, 2.75) is 13.8 Å². The molecule has 0 spiro atoms. The second kappa shape index (κ2) is 4.81. The first-order chi connectivity index (χ1) is 8.50. The largest absolute Gasteiger partial charge is 0.342 e. The number of aromatic amines is 1. The Morgan fingerprint density at radius 1 is 1.28 bits per heavy atom. The highest BCUT2D eigenvalue weighted by molar-refractivity contribution is 7.92. The molecular formula is C12H15N3O2S. The Morgan fingerprint density at radius 3 is 2.44 bits per heavy atom. The predicted molar refractivity (Wildman–Crippen MR) is 71.8 cm³/mol. The Balaban J connectivity index is 2.20. The molecule has 0 aliphatic carbocycles. The third-order valence-electron chi connectivity index (χ3n) is 2.55. The number of imidazole rings is 1. The lowest BCUT2D eigenvalue weighted by Gasteiger charge is -2.06. The van der Waals surface area contributed by atoms with Gasteiger partial charge in [-0.1, -0.05) is 12.1 Å². The predicted octanol–water partition coefficient (Wildman–Crippen LogP) is 2.15. The van der Waals surface area contributed by atoms with Gasteiger partial charge in [-0.05, 0) is 31.5 Å². The van der Waals surface area contributed by atoms with Gasteiger partial charge in [-0.25, -0.2) is 13.4 Å². The smallest absolute Gasteiger partial charge is 0.232 e. The SMILES string of the molecule is CCS(=O)(=O)Nc1ccc(-c2cnc(C)[nH]2)cc1.